The smallest absolute Gasteiger partial charge is 0.240 e. The molecule has 0 spiro atoms. The highest BCUT2D eigenvalue weighted by Gasteiger charge is 2.21. The fourth-order valence-electron chi connectivity index (χ4n) is 2.74. The molecule has 0 radical (unpaired) electrons. The summed E-state index contributed by atoms with van der Waals surface area (Å²) in [7, 11) is -2.36. The van der Waals surface area contributed by atoms with Crippen LogP contribution in [0.25, 0.3) is 0 Å². The van der Waals surface area contributed by atoms with Crippen LogP contribution in [0.5, 0.6) is 5.75 Å². The molecule has 1 aromatic rings. The molecule has 1 aliphatic heterocycles. The summed E-state index contributed by atoms with van der Waals surface area (Å²) in [5.41, 5.74) is 0.0752. The molecule has 0 aliphatic carbocycles. The van der Waals surface area contributed by atoms with Gasteiger partial charge in [-0.25, -0.2) is 17.5 Å². The maximum atomic E-state index is 14.0. The molecule has 1 saturated heterocycles. The molecule has 0 amide bonds. The number of hydrogen-bond donors (Lipinski definition) is 2. The molecule has 1 heterocycles. The quantitative estimate of drug-likeness (QED) is 0.810. The summed E-state index contributed by atoms with van der Waals surface area (Å²) in [6, 6.07) is 2.71. The lowest BCUT2D eigenvalue weighted by atomic mass is 9.96. The number of methoxy groups -OCH3 is 1. The van der Waals surface area contributed by atoms with Crippen LogP contribution in [0.15, 0.2) is 17.0 Å². The average molecular weight is 367 g/mol. The number of halogens is 2. The second kappa shape index (κ2) is 8.82. The minimum absolute atomic E-state index is 0. The Bertz CT molecular complexity index is 619. The van der Waals surface area contributed by atoms with Gasteiger partial charge in [-0.1, -0.05) is 0 Å². The van der Waals surface area contributed by atoms with Crippen LogP contribution >= 0.6 is 12.4 Å². The summed E-state index contributed by atoms with van der Waals surface area (Å²) in [4.78, 5) is -0.0347. The molecule has 1 fully saturated rings. The lowest BCUT2D eigenvalue weighted by Crippen LogP contribution is -2.33. The molecule has 132 valence electrons. The van der Waals surface area contributed by atoms with Crippen molar-refractivity contribution in [2.24, 2.45) is 5.92 Å². The van der Waals surface area contributed by atoms with Crippen molar-refractivity contribution in [1.29, 1.82) is 0 Å². The highest BCUT2D eigenvalue weighted by atomic mass is 35.5. The van der Waals surface area contributed by atoms with Crippen molar-refractivity contribution in [1.82, 2.24) is 10.0 Å². The largest absolute Gasteiger partial charge is 0.494 e. The van der Waals surface area contributed by atoms with Gasteiger partial charge in [-0.05, 0) is 57.3 Å². The lowest BCUT2D eigenvalue weighted by Gasteiger charge is -2.22. The van der Waals surface area contributed by atoms with Gasteiger partial charge in [0.2, 0.25) is 10.0 Å². The molecule has 23 heavy (non-hydrogen) atoms. The Kier molecular flexibility index (Phi) is 7.73. The van der Waals surface area contributed by atoms with E-state index in [1.807, 2.05) is 0 Å². The van der Waals surface area contributed by atoms with E-state index >= 15 is 0 Å². The van der Waals surface area contributed by atoms with Crippen LogP contribution in [0.3, 0.4) is 0 Å². The van der Waals surface area contributed by atoms with Crippen molar-refractivity contribution in [3.05, 3.63) is 23.5 Å². The molecule has 8 heteroatoms. The van der Waals surface area contributed by atoms with Gasteiger partial charge in [-0.15, -0.1) is 12.4 Å². The fraction of sp³-hybridized carbons (Fsp3) is 0.600. The summed E-state index contributed by atoms with van der Waals surface area (Å²) in [6.07, 6.45) is 3.02. The van der Waals surface area contributed by atoms with Gasteiger partial charge in [0.25, 0.3) is 0 Å². The predicted octanol–water partition coefficient (Wildman–Crippen LogP) is 2.23. The number of ether oxygens (including phenoxy) is 1. The second-order valence-electron chi connectivity index (χ2n) is 5.60. The number of benzene rings is 1. The second-order valence-corrected chi connectivity index (χ2v) is 7.34. The Labute approximate surface area is 143 Å². The average Bonchev–Trinajstić information content (AvgIpc) is 2.50. The topological polar surface area (TPSA) is 67.4 Å². The molecule has 1 atom stereocenters. The first-order valence-corrected chi connectivity index (χ1v) is 8.97. The van der Waals surface area contributed by atoms with Gasteiger partial charge in [-0.3, -0.25) is 0 Å². The van der Waals surface area contributed by atoms with E-state index in [4.69, 9.17) is 4.74 Å². The van der Waals surface area contributed by atoms with E-state index < -0.39 is 15.8 Å². The van der Waals surface area contributed by atoms with Crippen LogP contribution in [0.1, 0.15) is 24.8 Å². The van der Waals surface area contributed by atoms with Crippen molar-refractivity contribution >= 4 is 22.4 Å². The molecule has 1 aromatic carbocycles. The van der Waals surface area contributed by atoms with Crippen LogP contribution in [-0.2, 0) is 10.0 Å². The van der Waals surface area contributed by atoms with Crippen molar-refractivity contribution < 1.29 is 17.5 Å². The Balaban J connectivity index is 0.00000264. The minimum atomic E-state index is -3.71. The zero-order valence-electron chi connectivity index (χ0n) is 13.4. The van der Waals surface area contributed by atoms with E-state index in [-0.39, 0.29) is 28.6 Å². The highest BCUT2D eigenvalue weighted by Crippen LogP contribution is 2.26. The van der Waals surface area contributed by atoms with E-state index in [1.54, 1.807) is 0 Å². The van der Waals surface area contributed by atoms with Crippen molar-refractivity contribution in [2.45, 2.75) is 31.1 Å². The van der Waals surface area contributed by atoms with E-state index in [0.29, 0.717) is 12.5 Å². The summed E-state index contributed by atoms with van der Waals surface area (Å²) < 4.78 is 46.0. The zero-order chi connectivity index (χ0) is 16.2. The highest BCUT2D eigenvalue weighted by molar-refractivity contribution is 7.89. The minimum Gasteiger partial charge on any atom is -0.494 e. The van der Waals surface area contributed by atoms with E-state index in [9.17, 15) is 12.8 Å². The Morgan fingerprint density at radius 2 is 2.17 bits per heavy atom. The Hall–Kier alpha value is -0.890. The summed E-state index contributed by atoms with van der Waals surface area (Å²) in [6.45, 7) is 3.77. The van der Waals surface area contributed by atoms with Crippen molar-refractivity contribution in [2.75, 3.05) is 26.7 Å². The first-order valence-electron chi connectivity index (χ1n) is 7.49. The molecule has 0 bridgehead atoms. The van der Waals surface area contributed by atoms with Crippen molar-refractivity contribution in [3.63, 3.8) is 0 Å². The lowest BCUT2D eigenvalue weighted by molar-refractivity contribution is 0.358. The van der Waals surface area contributed by atoms with Crippen LogP contribution < -0.4 is 14.8 Å². The summed E-state index contributed by atoms with van der Waals surface area (Å²) >= 11 is 0. The van der Waals surface area contributed by atoms with Gasteiger partial charge < -0.3 is 10.1 Å². The van der Waals surface area contributed by atoms with Crippen LogP contribution in [-0.4, -0.2) is 35.2 Å². The molecular formula is C15H24ClFN2O3S. The van der Waals surface area contributed by atoms with Gasteiger partial charge in [0, 0.05) is 12.1 Å². The number of sulfonamides is 1. The molecule has 1 aliphatic rings. The Morgan fingerprint density at radius 1 is 1.43 bits per heavy atom. The van der Waals surface area contributed by atoms with E-state index in [2.05, 4.69) is 10.0 Å². The van der Waals surface area contributed by atoms with Gasteiger partial charge in [-0.2, -0.15) is 0 Å². The van der Waals surface area contributed by atoms with Crippen LogP contribution in [0, 0.1) is 18.7 Å². The predicted molar refractivity (Wildman–Crippen MR) is 90.3 cm³/mol. The first kappa shape index (κ1) is 20.2. The van der Waals surface area contributed by atoms with E-state index in [1.165, 1.54) is 26.2 Å². The maximum absolute atomic E-state index is 14.0. The monoisotopic (exact) mass is 366 g/mol. The third kappa shape index (κ3) is 5.04. The van der Waals surface area contributed by atoms with Crippen LogP contribution in [0.2, 0.25) is 0 Å². The normalized spacial score (nSPS) is 18.3. The van der Waals surface area contributed by atoms with Crippen molar-refractivity contribution in [3.8, 4) is 5.75 Å². The SMILES string of the molecule is COc1ccc(S(=O)(=O)NCCC2CCCNC2)c(C)c1F.Cl. The number of hydrogen-bond acceptors (Lipinski definition) is 4. The number of rotatable bonds is 6. The maximum Gasteiger partial charge on any atom is 0.240 e. The first-order chi connectivity index (χ1) is 10.5. The van der Waals surface area contributed by atoms with E-state index in [0.717, 1.165) is 32.4 Å². The van der Waals surface area contributed by atoms with Gasteiger partial charge >= 0.3 is 0 Å². The van der Waals surface area contributed by atoms with Gasteiger partial charge in [0.1, 0.15) is 0 Å². The van der Waals surface area contributed by atoms with Gasteiger partial charge in [0.05, 0.1) is 12.0 Å². The number of piperidine rings is 1. The molecular weight excluding hydrogens is 343 g/mol. The molecule has 5 nitrogen and oxygen atoms in total. The standard InChI is InChI=1S/C15H23FN2O3S.ClH/c1-11-14(6-5-13(21-2)15(11)16)22(19,20)18-9-7-12-4-3-8-17-10-12;/h5-6,12,17-18H,3-4,7-10H2,1-2H3;1H. The fourth-order valence-corrected chi connectivity index (χ4v) is 4.02. The Morgan fingerprint density at radius 3 is 2.78 bits per heavy atom. The molecule has 0 saturated carbocycles. The number of nitrogens with one attached hydrogen (secondary N) is 2. The van der Waals surface area contributed by atoms with Crippen LogP contribution in [0.4, 0.5) is 4.39 Å². The summed E-state index contributed by atoms with van der Waals surface area (Å²) in [5.74, 6) is -0.100. The molecule has 2 N–H and O–H groups in total. The van der Waals surface area contributed by atoms with Gasteiger partial charge in [0.15, 0.2) is 11.6 Å². The molecule has 0 aromatic heterocycles. The molecule has 1 unspecified atom stereocenters. The summed E-state index contributed by atoms with van der Waals surface area (Å²) in [5, 5.41) is 3.30. The third-order valence-corrected chi connectivity index (χ3v) is 5.66. The third-order valence-electron chi connectivity index (χ3n) is 4.05. The zero-order valence-corrected chi connectivity index (χ0v) is 15.0. The molecule has 2 rings (SSSR count).